The Kier molecular flexibility index (Phi) is 1.33. The number of aliphatic hydroxyl groups is 1. The molecule has 1 aliphatic rings. The van der Waals surface area contributed by atoms with Gasteiger partial charge in [0.1, 0.15) is 7.85 Å². The van der Waals surface area contributed by atoms with Gasteiger partial charge in [-0.15, -0.1) is 0 Å². The Hall–Kier alpha value is -0.0151. The maximum absolute atomic E-state index is 8.84. The van der Waals surface area contributed by atoms with Crippen molar-refractivity contribution < 1.29 is 9.84 Å². The van der Waals surface area contributed by atoms with Crippen molar-refractivity contribution in [2.75, 3.05) is 0 Å². The highest BCUT2D eigenvalue weighted by Crippen LogP contribution is 2.24. The number of ether oxygens (including phenoxy) is 1. The van der Waals surface area contributed by atoms with Crippen LogP contribution in [-0.2, 0) is 4.74 Å². The summed E-state index contributed by atoms with van der Waals surface area (Å²) in [4.78, 5) is 0. The monoisotopic (exact) mass is 114 g/mol. The van der Waals surface area contributed by atoms with Crippen LogP contribution in [0.4, 0.5) is 0 Å². The fraction of sp³-hybridized carbons (Fsp3) is 1.00. The van der Waals surface area contributed by atoms with Gasteiger partial charge < -0.3 is 9.84 Å². The predicted molar refractivity (Wildman–Crippen MR) is 33.3 cm³/mol. The van der Waals surface area contributed by atoms with Crippen molar-refractivity contribution >= 4 is 7.85 Å². The lowest BCUT2D eigenvalue weighted by atomic mass is 9.81. The second-order valence-electron chi connectivity index (χ2n) is 2.87. The zero-order valence-electron chi connectivity index (χ0n) is 5.35. The second-order valence-corrected chi connectivity index (χ2v) is 2.87. The molecular weight excluding hydrogens is 103 g/mol. The molecular formula is C5H11BO2. The summed E-state index contributed by atoms with van der Waals surface area (Å²) < 4.78 is 5.10. The van der Waals surface area contributed by atoms with Gasteiger partial charge in [0, 0.05) is 11.9 Å². The third kappa shape index (κ3) is 1.23. The molecule has 0 radical (unpaired) electrons. The van der Waals surface area contributed by atoms with Crippen molar-refractivity contribution in [2.45, 2.75) is 31.6 Å². The predicted octanol–water partition coefficient (Wildman–Crippen LogP) is -0.536. The zero-order chi connectivity index (χ0) is 6.20. The van der Waals surface area contributed by atoms with Gasteiger partial charge in [0.2, 0.25) is 0 Å². The normalized spacial score (nSPS) is 47.5. The van der Waals surface area contributed by atoms with Crippen LogP contribution in [0.5, 0.6) is 0 Å². The SMILES string of the molecule is B[C@@]1(C)CCC(O)O1. The average molecular weight is 114 g/mol. The fourth-order valence-electron chi connectivity index (χ4n) is 0.957. The molecule has 0 amide bonds. The summed E-state index contributed by atoms with van der Waals surface area (Å²) in [7, 11) is 1.99. The number of hydrogen-bond donors (Lipinski definition) is 1. The van der Waals surface area contributed by atoms with Crippen LogP contribution >= 0.6 is 0 Å². The van der Waals surface area contributed by atoms with E-state index in [1.54, 1.807) is 0 Å². The number of rotatable bonds is 0. The maximum atomic E-state index is 8.84. The third-order valence-corrected chi connectivity index (χ3v) is 1.45. The molecule has 3 heteroatoms. The van der Waals surface area contributed by atoms with E-state index in [1.807, 2.05) is 14.8 Å². The molecule has 2 atom stereocenters. The molecule has 1 heterocycles. The molecule has 1 rings (SSSR count). The topological polar surface area (TPSA) is 29.5 Å². The minimum absolute atomic E-state index is 0.0839. The Morgan fingerprint density at radius 2 is 2.50 bits per heavy atom. The summed E-state index contributed by atoms with van der Waals surface area (Å²) in [5, 5.41) is 8.84. The van der Waals surface area contributed by atoms with Crippen LogP contribution < -0.4 is 0 Å². The van der Waals surface area contributed by atoms with Crippen LogP contribution in [-0.4, -0.2) is 24.7 Å². The van der Waals surface area contributed by atoms with E-state index in [4.69, 9.17) is 9.84 Å². The lowest BCUT2D eigenvalue weighted by Gasteiger charge is -2.15. The smallest absolute Gasteiger partial charge is 0.154 e. The first-order valence-corrected chi connectivity index (χ1v) is 2.96. The van der Waals surface area contributed by atoms with Crippen molar-refractivity contribution in [1.82, 2.24) is 0 Å². The highest BCUT2D eigenvalue weighted by atomic mass is 16.6. The molecule has 1 fully saturated rings. The molecule has 2 nitrogen and oxygen atoms in total. The average Bonchev–Trinajstić information content (AvgIpc) is 1.82. The first-order chi connectivity index (χ1) is 3.60. The summed E-state index contributed by atoms with van der Waals surface area (Å²) in [6, 6.07) is 0. The van der Waals surface area contributed by atoms with Gasteiger partial charge in [-0.05, 0) is 13.3 Å². The molecule has 0 aromatic rings. The number of hydrogen-bond acceptors (Lipinski definition) is 2. The van der Waals surface area contributed by atoms with Gasteiger partial charge in [-0.1, -0.05) is 0 Å². The summed E-state index contributed by atoms with van der Waals surface area (Å²) in [5.41, 5.74) is -0.0839. The van der Waals surface area contributed by atoms with Crippen molar-refractivity contribution in [2.24, 2.45) is 0 Å². The largest absolute Gasteiger partial charge is 0.368 e. The van der Waals surface area contributed by atoms with Gasteiger partial charge in [0.25, 0.3) is 0 Å². The van der Waals surface area contributed by atoms with E-state index in [1.165, 1.54) is 0 Å². The molecule has 8 heavy (non-hydrogen) atoms. The van der Waals surface area contributed by atoms with E-state index in [2.05, 4.69) is 0 Å². The maximum Gasteiger partial charge on any atom is 0.154 e. The molecule has 1 unspecified atom stereocenters. The summed E-state index contributed by atoms with van der Waals surface area (Å²) in [5.74, 6) is 0. The van der Waals surface area contributed by atoms with Crippen LogP contribution in [0.15, 0.2) is 0 Å². The van der Waals surface area contributed by atoms with Gasteiger partial charge in [-0.2, -0.15) is 0 Å². The minimum atomic E-state index is -0.509. The molecule has 46 valence electrons. The summed E-state index contributed by atoms with van der Waals surface area (Å²) >= 11 is 0. The third-order valence-electron chi connectivity index (χ3n) is 1.45. The Bertz CT molecular complexity index is 92.4. The quantitative estimate of drug-likeness (QED) is 0.428. The van der Waals surface area contributed by atoms with Crippen molar-refractivity contribution in [1.29, 1.82) is 0 Å². The number of aliphatic hydroxyl groups excluding tert-OH is 1. The molecule has 0 aliphatic carbocycles. The zero-order valence-corrected chi connectivity index (χ0v) is 5.35. The molecule has 1 N–H and O–H groups in total. The molecule has 1 saturated heterocycles. The molecule has 0 saturated carbocycles. The summed E-state index contributed by atoms with van der Waals surface area (Å²) in [6.45, 7) is 1.99. The van der Waals surface area contributed by atoms with Crippen LogP contribution in [0.2, 0.25) is 0 Å². The van der Waals surface area contributed by atoms with Gasteiger partial charge in [-0.3, -0.25) is 0 Å². The van der Waals surface area contributed by atoms with Crippen molar-refractivity contribution in [3.8, 4) is 0 Å². The second kappa shape index (κ2) is 1.74. The fourth-order valence-corrected chi connectivity index (χ4v) is 0.957. The van der Waals surface area contributed by atoms with E-state index in [9.17, 15) is 0 Å². The van der Waals surface area contributed by atoms with Crippen LogP contribution in [0, 0.1) is 0 Å². The van der Waals surface area contributed by atoms with Gasteiger partial charge in [-0.25, -0.2) is 0 Å². The standard InChI is InChI=1S/C5H11BO2/c1-5(6)3-2-4(7)8-5/h4,7H,2-3,6H2,1H3/t4?,5-/m1/s1. The first kappa shape index (κ1) is 6.11. The molecule has 0 aromatic heterocycles. The van der Waals surface area contributed by atoms with Crippen LogP contribution in [0.3, 0.4) is 0 Å². The molecule has 0 bridgehead atoms. The highest BCUT2D eigenvalue weighted by molar-refractivity contribution is 6.14. The molecule has 1 aliphatic heterocycles. The summed E-state index contributed by atoms with van der Waals surface area (Å²) in [6.07, 6.45) is 1.24. The van der Waals surface area contributed by atoms with E-state index in [-0.39, 0.29) is 5.50 Å². The Labute approximate surface area is 50.3 Å². The van der Waals surface area contributed by atoms with Crippen molar-refractivity contribution in [3.05, 3.63) is 0 Å². The van der Waals surface area contributed by atoms with E-state index < -0.39 is 6.29 Å². The van der Waals surface area contributed by atoms with Crippen LogP contribution in [0.25, 0.3) is 0 Å². The Morgan fingerprint density at radius 1 is 1.88 bits per heavy atom. The van der Waals surface area contributed by atoms with E-state index in [0.717, 1.165) is 12.8 Å². The van der Waals surface area contributed by atoms with Gasteiger partial charge in [0.05, 0.1) is 0 Å². The lowest BCUT2D eigenvalue weighted by Crippen LogP contribution is -2.24. The Morgan fingerprint density at radius 3 is 2.62 bits per heavy atom. The van der Waals surface area contributed by atoms with Gasteiger partial charge >= 0.3 is 0 Å². The minimum Gasteiger partial charge on any atom is -0.368 e. The van der Waals surface area contributed by atoms with Crippen LogP contribution in [0.1, 0.15) is 19.8 Å². The van der Waals surface area contributed by atoms with E-state index in [0.29, 0.717) is 0 Å². The van der Waals surface area contributed by atoms with Crippen molar-refractivity contribution in [3.63, 3.8) is 0 Å². The Balaban J connectivity index is 2.44. The lowest BCUT2D eigenvalue weighted by molar-refractivity contribution is -0.0997. The first-order valence-electron chi connectivity index (χ1n) is 2.96. The van der Waals surface area contributed by atoms with Gasteiger partial charge in [0.15, 0.2) is 6.29 Å². The molecule has 0 spiro atoms. The highest BCUT2D eigenvalue weighted by Gasteiger charge is 2.29. The molecule has 0 aromatic carbocycles. The van der Waals surface area contributed by atoms with E-state index >= 15 is 0 Å².